The second-order valence-corrected chi connectivity index (χ2v) is 5.37. The van der Waals surface area contributed by atoms with Crippen molar-refractivity contribution >= 4 is 17.5 Å². The van der Waals surface area contributed by atoms with Crippen LogP contribution in [0.25, 0.3) is 0 Å². The van der Waals surface area contributed by atoms with Crippen molar-refractivity contribution in [3.05, 3.63) is 41.1 Å². The summed E-state index contributed by atoms with van der Waals surface area (Å²) in [6.07, 6.45) is 0. The number of nitrogens with one attached hydrogen (secondary N) is 1. The highest BCUT2D eigenvalue weighted by molar-refractivity contribution is 6.04. The van der Waals surface area contributed by atoms with Crippen molar-refractivity contribution in [2.24, 2.45) is 0 Å². The van der Waals surface area contributed by atoms with Gasteiger partial charge in [-0.05, 0) is 25.0 Å². The Bertz CT molecular complexity index is 655. The number of anilines is 2. The Morgan fingerprint density at radius 3 is 2.59 bits per heavy atom. The van der Waals surface area contributed by atoms with Crippen LogP contribution in [0.2, 0.25) is 0 Å². The highest BCUT2D eigenvalue weighted by Crippen LogP contribution is 2.22. The molecule has 1 N–H and O–H groups in total. The Morgan fingerprint density at radius 2 is 1.91 bits per heavy atom. The Balaban J connectivity index is 1.74. The molecule has 22 heavy (non-hydrogen) atoms. The molecular formula is C16H19N3O3. The Kier molecular flexibility index (Phi) is 4.11. The zero-order valence-electron chi connectivity index (χ0n) is 12.8. The van der Waals surface area contributed by atoms with E-state index in [2.05, 4.69) is 10.5 Å². The minimum Gasteiger partial charge on any atom is -0.378 e. The van der Waals surface area contributed by atoms with Gasteiger partial charge in [0.15, 0.2) is 5.69 Å². The van der Waals surface area contributed by atoms with E-state index in [-0.39, 0.29) is 11.6 Å². The predicted molar refractivity (Wildman–Crippen MR) is 83.4 cm³/mol. The molecule has 3 rings (SSSR count). The average molecular weight is 301 g/mol. The van der Waals surface area contributed by atoms with Gasteiger partial charge in [-0.2, -0.15) is 0 Å². The summed E-state index contributed by atoms with van der Waals surface area (Å²) in [6.45, 7) is 6.73. The first-order valence-electron chi connectivity index (χ1n) is 7.32. The van der Waals surface area contributed by atoms with Crippen LogP contribution in [0.15, 0.2) is 28.8 Å². The third-order valence-corrected chi connectivity index (χ3v) is 3.77. The van der Waals surface area contributed by atoms with E-state index in [1.807, 2.05) is 36.9 Å². The van der Waals surface area contributed by atoms with E-state index in [0.29, 0.717) is 19.1 Å². The molecule has 6 heteroatoms. The lowest BCUT2D eigenvalue weighted by atomic mass is 10.1. The minimum absolute atomic E-state index is 0.263. The number of carbonyl (C=O) groups excluding carboxylic acids is 1. The molecule has 2 heterocycles. The number of hydrogen-bond acceptors (Lipinski definition) is 5. The largest absolute Gasteiger partial charge is 0.378 e. The number of morpholine rings is 1. The van der Waals surface area contributed by atoms with E-state index < -0.39 is 0 Å². The molecule has 0 aliphatic carbocycles. The molecule has 116 valence electrons. The maximum Gasteiger partial charge on any atom is 0.277 e. The van der Waals surface area contributed by atoms with E-state index in [4.69, 9.17) is 9.26 Å². The smallest absolute Gasteiger partial charge is 0.277 e. The van der Waals surface area contributed by atoms with Gasteiger partial charge in [-0.15, -0.1) is 0 Å². The fourth-order valence-corrected chi connectivity index (χ4v) is 2.49. The summed E-state index contributed by atoms with van der Waals surface area (Å²) in [7, 11) is 0. The number of nitrogens with zero attached hydrogens (tertiary/aromatic N) is 2. The van der Waals surface area contributed by atoms with Crippen molar-refractivity contribution in [1.82, 2.24) is 5.16 Å². The summed E-state index contributed by atoms with van der Waals surface area (Å²) in [5.74, 6) is 0.343. The van der Waals surface area contributed by atoms with E-state index in [9.17, 15) is 4.79 Å². The van der Waals surface area contributed by atoms with Crippen molar-refractivity contribution in [2.45, 2.75) is 13.8 Å². The molecule has 0 unspecified atom stereocenters. The molecule has 1 fully saturated rings. The zero-order valence-corrected chi connectivity index (χ0v) is 12.8. The van der Waals surface area contributed by atoms with Crippen molar-refractivity contribution in [3.63, 3.8) is 0 Å². The molecule has 1 saturated heterocycles. The van der Waals surface area contributed by atoms with Crippen LogP contribution in [0.4, 0.5) is 11.6 Å². The van der Waals surface area contributed by atoms with Gasteiger partial charge in [-0.25, -0.2) is 0 Å². The van der Waals surface area contributed by atoms with Gasteiger partial charge in [0.05, 0.1) is 13.2 Å². The first-order chi connectivity index (χ1) is 10.6. The summed E-state index contributed by atoms with van der Waals surface area (Å²) in [6, 6.07) is 7.57. The lowest BCUT2D eigenvalue weighted by Crippen LogP contribution is -2.35. The third kappa shape index (κ3) is 2.96. The van der Waals surface area contributed by atoms with Gasteiger partial charge in [0, 0.05) is 24.8 Å². The summed E-state index contributed by atoms with van der Waals surface area (Å²) < 4.78 is 10.6. The molecule has 2 aromatic rings. The Labute approximate surface area is 129 Å². The van der Waals surface area contributed by atoms with Crippen LogP contribution in [0, 0.1) is 13.8 Å². The van der Waals surface area contributed by atoms with Crippen molar-refractivity contribution in [1.29, 1.82) is 0 Å². The molecule has 1 aromatic carbocycles. The van der Waals surface area contributed by atoms with Gasteiger partial charge in [0.25, 0.3) is 5.91 Å². The fraction of sp³-hybridized carbons (Fsp3) is 0.375. The lowest BCUT2D eigenvalue weighted by molar-refractivity contribution is 0.101. The number of ether oxygens (including phenoxy) is 1. The third-order valence-electron chi connectivity index (χ3n) is 3.77. The van der Waals surface area contributed by atoms with Gasteiger partial charge in [-0.3, -0.25) is 4.79 Å². The van der Waals surface area contributed by atoms with Crippen molar-refractivity contribution in [2.75, 3.05) is 36.5 Å². The molecule has 0 atom stereocenters. The van der Waals surface area contributed by atoms with Crippen LogP contribution in [-0.4, -0.2) is 37.4 Å². The van der Waals surface area contributed by atoms with Gasteiger partial charge >= 0.3 is 0 Å². The van der Waals surface area contributed by atoms with Crippen LogP contribution >= 0.6 is 0 Å². The summed E-state index contributed by atoms with van der Waals surface area (Å²) in [5, 5.41) is 6.78. The normalized spacial score (nSPS) is 14.9. The Morgan fingerprint density at radius 1 is 1.23 bits per heavy atom. The van der Waals surface area contributed by atoms with Gasteiger partial charge < -0.3 is 19.5 Å². The molecule has 0 radical (unpaired) electrons. The first kappa shape index (κ1) is 14.6. The first-order valence-corrected chi connectivity index (χ1v) is 7.32. The molecule has 0 bridgehead atoms. The van der Waals surface area contributed by atoms with Gasteiger partial charge in [0.2, 0.25) is 5.88 Å². The molecule has 0 spiro atoms. The van der Waals surface area contributed by atoms with Crippen LogP contribution < -0.4 is 10.2 Å². The summed E-state index contributed by atoms with van der Waals surface area (Å²) >= 11 is 0. The molecule has 0 saturated carbocycles. The average Bonchev–Trinajstić information content (AvgIpc) is 3.02. The van der Waals surface area contributed by atoms with Crippen molar-refractivity contribution in [3.8, 4) is 0 Å². The van der Waals surface area contributed by atoms with E-state index in [1.54, 1.807) is 6.07 Å². The number of para-hydroxylation sites is 1. The number of carbonyl (C=O) groups is 1. The SMILES string of the molecule is Cc1cccc(C)c1NC(=O)c1cc(N2CCOCC2)on1. The van der Waals surface area contributed by atoms with Crippen LogP contribution in [-0.2, 0) is 4.74 Å². The maximum absolute atomic E-state index is 12.3. The summed E-state index contributed by atoms with van der Waals surface area (Å²) in [5.41, 5.74) is 3.14. The number of hydrogen-bond donors (Lipinski definition) is 1. The van der Waals surface area contributed by atoms with Crippen LogP contribution in [0.1, 0.15) is 21.6 Å². The maximum atomic E-state index is 12.3. The molecule has 1 aliphatic rings. The van der Waals surface area contributed by atoms with E-state index in [0.717, 1.165) is 29.9 Å². The molecule has 1 aromatic heterocycles. The topological polar surface area (TPSA) is 67.6 Å². The van der Waals surface area contributed by atoms with Gasteiger partial charge in [0.1, 0.15) is 0 Å². The van der Waals surface area contributed by atoms with Gasteiger partial charge in [-0.1, -0.05) is 23.4 Å². The molecule has 1 amide bonds. The molecule has 6 nitrogen and oxygen atoms in total. The summed E-state index contributed by atoms with van der Waals surface area (Å²) in [4.78, 5) is 14.4. The minimum atomic E-state index is -0.263. The fourth-order valence-electron chi connectivity index (χ4n) is 2.49. The zero-order chi connectivity index (χ0) is 15.5. The number of rotatable bonds is 3. The number of aromatic nitrogens is 1. The number of amides is 1. The number of benzene rings is 1. The predicted octanol–water partition coefficient (Wildman–Crippen LogP) is 2.38. The second kappa shape index (κ2) is 6.19. The highest BCUT2D eigenvalue weighted by atomic mass is 16.5. The standard InChI is InChI=1S/C16H19N3O3/c1-11-4-3-5-12(2)15(11)17-16(20)13-10-14(22-18-13)19-6-8-21-9-7-19/h3-5,10H,6-9H2,1-2H3,(H,17,20). The Hall–Kier alpha value is -2.34. The van der Waals surface area contributed by atoms with Crippen LogP contribution in [0.5, 0.6) is 0 Å². The quantitative estimate of drug-likeness (QED) is 0.942. The van der Waals surface area contributed by atoms with E-state index >= 15 is 0 Å². The molecule has 1 aliphatic heterocycles. The second-order valence-electron chi connectivity index (χ2n) is 5.37. The number of aryl methyl sites for hydroxylation is 2. The monoisotopic (exact) mass is 301 g/mol. The lowest BCUT2D eigenvalue weighted by Gasteiger charge is -2.25. The van der Waals surface area contributed by atoms with Crippen LogP contribution in [0.3, 0.4) is 0 Å². The molecular weight excluding hydrogens is 282 g/mol. The van der Waals surface area contributed by atoms with E-state index in [1.165, 1.54) is 0 Å². The highest BCUT2D eigenvalue weighted by Gasteiger charge is 2.19. The van der Waals surface area contributed by atoms with Crippen molar-refractivity contribution < 1.29 is 14.1 Å².